The maximum absolute atomic E-state index is 13.4. The van der Waals surface area contributed by atoms with E-state index in [4.69, 9.17) is 9.84 Å². The number of aromatic nitrogens is 2. The lowest BCUT2D eigenvalue weighted by Crippen LogP contribution is -2.34. The Balaban J connectivity index is 1.31. The van der Waals surface area contributed by atoms with Gasteiger partial charge in [0.1, 0.15) is 0 Å². The van der Waals surface area contributed by atoms with E-state index in [9.17, 15) is 9.59 Å². The zero-order valence-electron chi connectivity index (χ0n) is 21.5. The summed E-state index contributed by atoms with van der Waals surface area (Å²) in [6, 6.07) is 21.8. The van der Waals surface area contributed by atoms with E-state index in [1.807, 2.05) is 68.4 Å². The van der Waals surface area contributed by atoms with Gasteiger partial charge in [-0.3, -0.25) is 9.59 Å². The second-order valence-electron chi connectivity index (χ2n) is 9.54. The molecule has 1 aromatic heterocycles. The Hall–Kier alpha value is -3.78. The summed E-state index contributed by atoms with van der Waals surface area (Å²) < 4.78 is 5.37. The average Bonchev–Trinajstić information content (AvgIpc) is 3.32. The summed E-state index contributed by atoms with van der Waals surface area (Å²) in [6.07, 6.45) is 5.06. The molecule has 7 nitrogen and oxygen atoms in total. The molecule has 0 N–H and O–H groups in total. The highest BCUT2D eigenvalue weighted by atomic mass is 32.2. The normalized spacial score (nSPS) is 19.7. The van der Waals surface area contributed by atoms with Crippen LogP contribution in [0.15, 0.2) is 82.6 Å². The Morgan fingerprint density at radius 1 is 1.03 bits per heavy atom. The van der Waals surface area contributed by atoms with Gasteiger partial charge in [0.05, 0.1) is 17.5 Å². The van der Waals surface area contributed by atoms with Crippen molar-refractivity contribution in [2.45, 2.75) is 44.3 Å². The fraction of sp³-hybridized carbons (Fsp3) is 0.300. The minimum atomic E-state index is -0.490. The predicted molar refractivity (Wildman–Crippen MR) is 148 cm³/mol. The molecule has 0 spiro atoms. The predicted octanol–water partition coefficient (Wildman–Crippen LogP) is 5.55. The highest BCUT2D eigenvalue weighted by Crippen LogP contribution is 2.44. The number of rotatable bonds is 7. The van der Waals surface area contributed by atoms with Crippen LogP contribution < -0.4 is 0 Å². The first-order valence-electron chi connectivity index (χ1n) is 12.8. The average molecular weight is 527 g/mol. The molecule has 1 fully saturated rings. The molecular formula is C30H30N4O3S. The lowest BCUT2D eigenvalue weighted by molar-refractivity contribution is -0.151. The molecule has 5 rings (SSSR count). The van der Waals surface area contributed by atoms with E-state index in [1.54, 1.807) is 0 Å². The molecule has 8 heteroatoms. The number of ether oxygens (including phenoxy) is 1. The van der Waals surface area contributed by atoms with Crippen LogP contribution in [0.4, 0.5) is 0 Å². The van der Waals surface area contributed by atoms with Crippen LogP contribution in [0.5, 0.6) is 0 Å². The van der Waals surface area contributed by atoms with Gasteiger partial charge in [-0.25, -0.2) is 15.0 Å². The summed E-state index contributed by atoms with van der Waals surface area (Å²) >= 11 is 1.20. The Bertz CT molecular complexity index is 1350. The third-order valence-electron chi connectivity index (χ3n) is 6.68. The number of carbonyl (C=O) groups is 2. The number of esters is 1. The maximum atomic E-state index is 13.4. The summed E-state index contributed by atoms with van der Waals surface area (Å²) in [5.41, 5.74) is 5.93. The number of nitrogens with zero attached hydrogens (tertiary/aromatic N) is 4. The number of aryl methyl sites for hydroxylation is 2. The zero-order valence-corrected chi connectivity index (χ0v) is 22.4. The van der Waals surface area contributed by atoms with Crippen molar-refractivity contribution in [3.05, 3.63) is 94.8 Å². The van der Waals surface area contributed by atoms with Gasteiger partial charge in [0.15, 0.2) is 11.8 Å². The lowest BCUT2D eigenvalue weighted by atomic mass is 9.77. The molecule has 3 aromatic rings. The van der Waals surface area contributed by atoms with E-state index < -0.39 is 5.97 Å². The molecule has 0 radical (unpaired) electrons. The van der Waals surface area contributed by atoms with E-state index in [2.05, 4.69) is 28.2 Å². The highest BCUT2D eigenvalue weighted by Gasteiger charge is 2.43. The topological polar surface area (TPSA) is 84.8 Å². The van der Waals surface area contributed by atoms with Crippen molar-refractivity contribution in [1.82, 2.24) is 15.0 Å². The van der Waals surface area contributed by atoms with Crippen LogP contribution in [0, 0.1) is 19.8 Å². The largest absolute Gasteiger partial charge is 0.455 e. The summed E-state index contributed by atoms with van der Waals surface area (Å²) in [5.74, 6) is -0.700. The van der Waals surface area contributed by atoms with Crippen LogP contribution >= 0.6 is 11.8 Å². The third-order valence-corrected chi connectivity index (χ3v) is 7.50. The van der Waals surface area contributed by atoms with Crippen molar-refractivity contribution in [3.8, 4) is 0 Å². The molecule has 1 aliphatic heterocycles. The zero-order chi connectivity index (χ0) is 26.5. The molecular weight excluding hydrogens is 496 g/mol. The Morgan fingerprint density at radius 2 is 1.71 bits per heavy atom. The highest BCUT2D eigenvalue weighted by molar-refractivity contribution is 7.99. The summed E-state index contributed by atoms with van der Waals surface area (Å²) in [6.45, 7) is 3.40. The van der Waals surface area contributed by atoms with Crippen molar-refractivity contribution in [2.24, 2.45) is 11.0 Å². The van der Waals surface area contributed by atoms with Crippen molar-refractivity contribution < 1.29 is 14.3 Å². The van der Waals surface area contributed by atoms with Crippen molar-refractivity contribution in [3.63, 3.8) is 0 Å². The SMILES string of the molecule is Cc1cc(C)nc(SCC(=O)OCC(=O)N2N=C3/C(=C\c4ccccc4)CCC[C@H]3[C@@H]2c2ccccc2)n1. The number of benzene rings is 2. The molecule has 1 amide bonds. The molecule has 0 bridgehead atoms. The van der Waals surface area contributed by atoms with Gasteiger partial charge in [0.25, 0.3) is 5.91 Å². The molecule has 2 atom stereocenters. The first-order valence-corrected chi connectivity index (χ1v) is 13.8. The Kier molecular flexibility index (Phi) is 7.98. The minimum absolute atomic E-state index is 0.0272. The quantitative estimate of drug-likeness (QED) is 0.228. The second kappa shape index (κ2) is 11.7. The van der Waals surface area contributed by atoms with Crippen molar-refractivity contribution in [2.75, 3.05) is 12.4 Å². The fourth-order valence-electron chi connectivity index (χ4n) is 5.07. The molecule has 194 valence electrons. The van der Waals surface area contributed by atoms with Gasteiger partial charge < -0.3 is 4.74 Å². The van der Waals surface area contributed by atoms with E-state index in [0.29, 0.717) is 5.16 Å². The minimum Gasteiger partial charge on any atom is -0.455 e. The second-order valence-corrected chi connectivity index (χ2v) is 10.5. The van der Waals surface area contributed by atoms with Gasteiger partial charge in [-0.2, -0.15) is 5.10 Å². The number of carbonyl (C=O) groups excluding carboxylic acids is 2. The van der Waals surface area contributed by atoms with Gasteiger partial charge in [0, 0.05) is 17.3 Å². The number of hydrogen-bond donors (Lipinski definition) is 0. The molecule has 0 unspecified atom stereocenters. The molecule has 1 aliphatic carbocycles. The third kappa shape index (κ3) is 6.02. The number of allylic oxidation sites excluding steroid dienone is 1. The number of thioether (sulfide) groups is 1. The van der Waals surface area contributed by atoms with Gasteiger partial charge in [0.2, 0.25) is 0 Å². The van der Waals surface area contributed by atoms with Gasteiger partial charge in [-0.1, -0.05) is 72.4 Å². The first kappa shape index (κ1) is 25.9. The van der Waals surface area contributed by atoms with Crippen molar-refractivity contribution in [1.29, 1.82) is 0 Å². The molecule has 2 heterocycles. The van der Waals surface area contributed by atoms with Gasteiger partial charge in [-0.15, -0.1) is 0 Å². The van der Waals surface area contributed by atoms with E-state index in [-0.39, 0.29) is 30.2 Å². The van der Waals surface area contributed by atoms with E-state index in [1.165, 1.54) is 16.8 Å². The van der Waals surface area contributed by atoms with Crippen LogP contribution in [0.3, 0.4) is 0 Å². The molecule has 2 aliphatic rings. The smallest absolute Gasteiger partial charge is 0.316 e. The Labute approximate surface area is 227 Å². The van der Waals surface area contributed by atoms with Gasteiger partial charge in [-0.05, 0) is 62.0 Å². The number of fused-ring (bicyclic) bond motifs is 1. The van der Waals surface area contributed by atoms with E-state index in [0.717, 1.165) is 53.1 Å². The van der Waals surface area contributed by atoms with Gasteiger partial charge >= 0.3 is 5.97 Å². The van der Waals surface area contributed by atoms with Crippen LogP contribution in [0.25, 0.3) is 6.08 Å². The first-order chi connectivity index (χ1) is 18.5. The van der Waals surface area contributed by atoms with E-state index >= 15 is 0 Å². The number of amides is 1. The molecule has 0 saturated heterocycles. The van der Waals surface area contributed by atoms with Crippen molar-refractivity contribution >= 4 is 35.4 Å². The summed E-state index contributed by atoms with van der Waals surface area (Å²) in [7, 11) is 0. The molecule has 38 heavy (non-hydrogen) atoms. The maximum Gasteiger partial charge on any atom is 0.316 e. The summed E-state index contributed by atoms with van der Waals surface area (Å²) in [5, 5.41) is 6.90. The lowest BCUT2D eigenvalue weighted by Gasteiger charge is -2.29. The monoisotopic (exact) mass is 526 g/mol. The summed E-state index contributed by atoms with van der Waals surface area (Å²) in [4.78, 5) is 34.5. The Morgan fingerprint density at radius 3 is 2.42 bits per heavy atom. The van der Waals surface area contributed by atoms with Crippen LogP contribution in [0.2, 0.25) is 0 Å². The fourth-order valence-corrected chi connectivity index (χ4v) is 5.82. The molecule has 1 saturated carbocycles. The molecule has 2 aromatic carbocycles. The standard InChI is InChI=1S/C30H30N4O3S/c1-20-16-21(2)32-30(31-20)38-19-27(36)37-18-26(35)34-29(23-12-7-4-8-13-23)25-15-9-14-24(28(25)33-34)17-22-10-5-3-6-11-22/h3-8,10-13,16-17,25,29H,9,14-15,18-19H2,1-2H3/b24-17-/t25-,29+/m1/s1. The number of hydrogen-bond acceptors (Lipinski definition) is 7. The van der Waals surface area contributed by atoms with Crippen LogP contribution in [0.1, 0.15) is 47.8 Å². The van der Waals surface area contributed by atoms with Crippen LogP contribution in [-0.4, -0.2) is 44.9 Å². The van der Waals surface area contributed by atoms with Crippen LogP contribution in [-0.2, 0) is 14.3 Å². The number of hydrazone groups is 1.